The Balaban J connectivity index is 1.53. The summed E-state index contributed by atoms with van der Waals surface area (Å²) >= 11 is 5.98. The van der Waals surface area contributed by atoms with Gasteiger partial charge in [0.1, 0.15) is 24.0 Å². The van der Waals surface area contributed by atoms with Crippen molar-refractivity contribution in [3.05, 3.63) is 29.9 Å². The number of aliphatic hydroxyl groups is 1. The highest BCUT2D eigenvalue weighted by Gasteiger charge is 2.16. The van der Waals surface area contributed by atoms with E-state index in [4.69, 9.17) is 20.9 Å². The van der Waals surface area contributed by atoms with Crippen LogP contribution in [0.5, 0.6) is 0 Å². The quantitative estimate of drug-likeness (QED) is 0.637. The standard InChI is InChI=1S/C16H19ClFN3O3/c17-15(16-19-13-8-11(18)4-5-14(13)24-16)20-23-10-12(22)9-21-6-2-1-3-7-21/h4-5,8,12,22H,1-3,6-7,9-10H2/b20-15-. The van der Waals surface area contributed by atoms with Gasteiger partial charge in [0, 0.05) is 12.6 Å². The molecule has 1 N–H and O–H groups in total. The van der Waals surface area contributed by atoms with Gasteiger partial charge in [-0.05, 0) is 38.1 Å². The number of fused-ring (bicyclic) bond motifs is 1. The number of hydrogen-bond acceptors (Lipinski definition) is 6. The predicted molar refractivity (Wildman–Crippen MR) is 88.6 cm³/mol. The molecule has 1 saturated heterocycles. The first-order valence-corrected chi connectivity index (χ1v) is 8.32. The van der Waals surface area contributed by atoms with Gasteiger partial charge < -0.3 is 19.3 Å². The van der Waals surface area contributed by atoms with Crippen LogP contribution in [0.3, 0.4) is 0 Å². The lowest BCUT2D eigenvalue weighted by atomic mass is 10.1. The highest BCUT2D eigenvalue weighted by atomic mass is 35.5. The van der Waals surface area contributed by atoms with E-state index in [-0.39, 0.29) is 17.7 Å². The molecule has 0 spiro atoms. The number of oxime groups is 1. The van der Waals surface area contributed by atoms with Crippen molar-refractivity contribution in [3.63, 3.8) is 0 Å². The lowest BCUT2D eigenvalue weighted by Gasteiger charge is -2.27. The van der Waals surface area contributed by atoms with E-state index in [0.717, 1.165) is 25.9 Å². The van der Waals surface area contributed by atoms with Crippen molar-refractivity contribution in [1.82, 2.24) is 9.88 Å². The Hall–Kier alpha value is -1.70. The van der Waals surface area contributed by atoms with Gasteiger partial charge in [0.2, 0.25) is 5.17 Å². The summed E-state index contributed by atoms with van der Waals surface area (Å²) in [5.41, 5.74) is 0.758. The largest absolute Gasteiger partial charge is 0.434 e. The zero-order valence-corrected chi connectivity index (χ0v) is 13.9. The topological polar surface area (TPSA) is 71.1 Å². The number of β-amino-alcohol motifs (C(OH)–C–C–N with tert-alkyl or cyclic N) is 1. The molecule has 0 amide bonds. The molecule has 1 unspecified atom stereocenters. The Labute approximate surface area is 143 Å². The van der Waals surface area contributed by atoms with E-state index in [1.54, 1.807) is 0 Å². The van der Waals surface area contributed by atoms with Crippen LogP contribution in [0.4, 0.5) is 4.39 Å². The fourth-order valence-electron chi connectivity index (χ4n) is 2.70. The maximum atomic E-state index is 13.1. The number of aliphatic hydroxyl groups excluding tert-OH is 1. The lowest BCUT2D eigenvalue weighted by Crippen LogP contribution is -2.38. The van der Waals surface area contributed by atoms with Crippen LogP contribution >= 0.6 is 11.6 Å². The number of aromatic nitrogens is 1. The summed E-state index contributed by atoms with van der Waals surface area (Å²) in [6.07, 6.45) is 2.93. The van der Waals surface area contributed by atoms with Crippen molar-refractivity contribution in [2.24, 2.45) is 5.16 Å². The van der Waals surface area contributed by atoms with Crippen LogP contribution in [0.2, 0.25) is 0 Å². The van der Waals surface area contributed by atoms with Gasteiger partial charge in [-0.1, -0.05) is 23.2 Å². The third kappa shape index (κ3) is 4.43. The Morgan fingerprint density at radius 2 is 2.21 bits per heavy atom. The van der Waals surface area contributed by atoms with Crippen LogP contribution < -0.4 is 0 Å². The van der Waals surface area contributed by atoms with E-state index in [9.17, 15) is 9.50 Å². The molecule has 3 rings (SSSR count). The van der Waals surface area contributed by atoms with Crippen molar-refractivity contribution in [1.29, 1.82) is 0 Å². The highest BCUT2D eigenvalue weighted by Crippen LogP contribution is 2.18. The van der Waals surface area contributed by atoms with Gasteiger partial charge in [0.25, 0.3) is 5.89 Å². The van der Waals surface area contributed by atoms with Gasteiger partial charge in [-0.3, -0.25) is 0 Å². The molecule has 130 valence electrons. The van der Waals surface area contributed by atoms with Crippen LogP contribution in [0.25, 0.3) is 11.1 Å². The molecule has 1 aliphatic rings. The molecule has 24 heavy (non-hydrogen) atoms. The molecular formula is C16H19ClFN3O3. The zero-order valence-electron chi connectivity index (χ0n) is 13.1. The molecule has 2 aromatic rings. The number of rotatable bonds is 6. The van der Waals surface area contributed by atoms with Gasteiger partial charge in [0.15, 0.2) is 5.58 Å². The SMILES string of the molecule is OC(CO/N=C(\Cl)c1nc2cc(F)ccc2o1)CN1CCCCC1. The lowest BCUT2D eigenvalue weighted by molar-refractivity contribution is 0.0160. The van der Waals surface area contributed by atoms with Crippen molar-refractivity contribution >= 4 is 27.9 Å². The molecule has 1 fully saturated rings. The van der Waals surface area contributed by atoms with Gasteiger partial charge in [-0.25, -0.2) is 9.37 Å². The minimum Gasteiger partial charge on any atom is -0.434 e. The van der Waals surface area contributed by atoms with Crippen molar-refractivity contribution in [2.45, 2.75) is 25.4 Å². The maximum absolute atomic E-state index is 13.1. The molecule has 1 aromatic heterocycles. The van der Waals surface area contributed by atoms with Crippen molar-refractivity contribution in [2.75, 3.05) is 26.2 Å². The molecule has 1 atom stereocenters. The van der Waals surface area contributed by atoms with Gasteiger partial charge in [-0.2, -0.15) is 0 Å². The number of hydrogen-bond donors (Lipinski definition) is 1. The van der Waals surface area contributed by atoms with Gasteiger partial charge in [-0.15, -0.1) is 0 Å². The van der Waals surface area contributed by atoms with Gasteiger partial charge in [0.05, 0.1) is 0 Å². The summed E-state index contributed by atoms with van der Waals surface area (Å²) in [5, 5.41) is 13.6. The second kappa shape index (κ2) is 7.92. The normalized spacial score (nSPS) is 18.0. The monoisotopic (exact) mass is 355 g/mol. The summed E-state index contributed by atoms with van der Waals surface area (Å²) in [6, 6.07) is 3.99. The Morgan fingerprint density at radius 3 is 3.00 bits per heavy atom. The molecule has 0 bridgehead atoms. The first-order chi connectivity index (χ1) is 11.6. The summed E-state index contributed by atoms with van der Waals surface area (Å²) in [7, 11) is 0. The Bertz CT molecular complexity index is 716. The number of likely N-dealkylation sites (tertiary alicyclic amines) is 1. The second-order valence-corrected chi connectivity index (χ2v) is 6.18. The first kappa shape index (κ1) is 17.1. The van der Waals surface area contributed by atoms with Crippen LogP contribution in [0, 0.1) is 5.82 Å². The van der Waals surface area contributed by atoms with E-state index in [0.29, 0.717) is 17.6 Å². The number of piperidine rings is 1. The number of nitrogens with zero attached hydrogens (tertiary/aromatic N) is 3. The summed E-state index contributed by atoms with van der Waals surface area (Å²) in [5.74, 6) is -0.365. The average Bonchev–Trinajstić information content (AvgIpc) is 2.99. The molecule has 0 aliphatic carbocycles. The molecule has 2 heterocycles. The van der Waals surface area contributed by atoms with Crippen molar-refractivity contribution in [3.8, 4) is 0 Å². The minimum absolute atomic E-state index is 0.0293. The fourth-order valence-corrected chi connectivity index (χ4v) is 2.83. The van der Waals surface area contributed by atoms with Crippen LogP contribution in [0.1, 0.15) is 25.2 Å². The Morgan fingerprint density at radius 1 is 1.42 bits per heavy atom. The summed E-state index contributed by atoms with van der Waals surface area (Å²) in [4.78, 5) is 11.3. The molecule has 1 aliphatic heterocycles. The number of halogens is 2. The van der Waals surface area contributed by atoms with E-state index in [1.807, 2.05) is 0 Å². The number of oxazole rings is 1. The summed E-state index contributed by atoms with van der Waals surface area (Å²) in [6.45, 7) is 2.58. The maximum Gasteiger partial charge on any atom is 0.261 e. The molecule has 6 nitrogen and oxygen atoms in total. The van der Waals surface area contributed by atoms with E-state index in [2.05, 4.69) is 15.0 Å². The fraction of sp³-hybridized carbons (Fsp3) is 0.500. The molecule has 0 saturated carbocycles. The summed E-state index contributed by atoms with van der Waals surface area (Å²) < 4.78 is 18.5. The van der Waals surface area contributed by atoms with Gasteiger partial charge >= 0.3 is 0 Å². The Kier molecular flexibility index (Phi) is 5.65. The highest BCUT2D eigenvalue weighted by molar-refractivity contribution is 6.68. The van der Waals surface area contributed by atoms with E-state index in [1.165, 1.54) is 24.6 Å². The molecule has 1 aromatic carbocycles. The molecular weight excluding hydrogens is 337 g/mol. The second-order valence-electron chi connectivity index (χ2n) is 5.82. The minimum atomic E-state index is -0.644. The predicted octanol–water partition coefficient (Wildman–Crippen LogP) is 2.73. The number of benzene rings is 1. The first-order valence-electron chi connectivity index (χ1n) is 7.94. The van der Waals surface area contributed by atoms with E-state index >= 15 is 0 Å². The average molecular weight is 356 g/mol. The van der Waals surface area contributed by atoms with Crippen LogP contribution in [0.15, 0.2) is 27.8 Å². The third-order valence-corrected chi connectivity index (χ3v) is 4.09. The van der Waals surface area contributed by atoms with E-state index < -0.39 is 11.9 Å². The molecule has 0 radical (unpaired) electrons. The smallest absolute Gasteiger partial charge is 0.261 e. The molecule has 8 heteroatoms. The van der Waals surface area contributed by atoms with Crippen LogP contribution in [-0.2, 0) is 4.84 Å². The zero-order chi connectivity index (χ0) is 16.9. The van der Waals surface area contributed by atoms with Crippen LogP contribution in [-0.4, -0.2) is 52.5 Å². The van der Waals surface area contributed by atoms with Crippen molar-refractivity contribution < 1.29 is 18.8 Å². The third-order valence-electron chi connectivity index (χ3n) is 3.86.